The monoisotopic (exact) mass is 250 g/mol. The van der Waals surface area contributed by atoms with Crippen LogP contribution < -0.4 is 5.73 Å². The number of amides is 1. The van der Waals surface area contributed by atoms with Crippen LogP contribution in [0.2, 0.25) is 0 Å². The summed E-state index contributed by atoms with van der Waals surface area (Å²) in [7, 11) is 0. The molecule has 3 nitrogen and oxygen atoms in total. The predicted molar refractivity (Wildman–Crippen MR) is 73.6 cm³/mol. The Balaban J connectivity index is 2.77. The Hall–Kier alpha value is -1.42. The third kappa shape index (κ3) is 4.15. The summed E-state index contributed by atoms with van der Waals surface area (Å²) in [5.41, 5.74) is 6.59. The van der Waals surface area contributed by atoms with Crippen molar-refractivity contribution in [1.82, 2.24) is 4.90 Å². The van der Waals surface area contributed by atoms with Crippen LogP contribution in [-0.2, 0) is 4.79 Å². The van der Waals surface area contributed by atoms with Gasteiger partial charge >= 0.3 is 0 Å². The molecule has 0 aromatic heterocycles. The van der Waals surface area contributed by atoms with E-state index >= 15 is 0 Å². The van der Waals surface area contributed by atoms with Crippen molar-refractivity contribution in [3.8, 4) is 0 Å². The molecule has 0 radical (unpaired) electrons. The van der Waals surface area contributed by atoms with Crippen LogP contribution in [0.4, 0.5) is 0 Å². The minimum atomic E-state index is 0.0394. The Morgan fingerprint density at radius 3 is 2.47 bits per heavy atom. The summed E-state index contributed by atoms with van der Waals surface area (Å²) in [5.74, 6) is 0.0394. The molecule has 0 aliphatic rings. The second-order valence-corrected chi connectivity index (χ2v) is 4.54. The van der Waals surface area contributed by atoms with E-state index in [-0.39, 0.29) is 11.9 Å². The van der Waals surface area contributed by atoms with Crippen LogP contribution in [0.15, 0.2) is 30.3 Å². The lowest BCUT2D eigenvalue weighted by Gasteiger charge is -2.28. The van der Waals surface area contributed by atoms with Crippen LogP contribution in [-0.4, -0.2) is 22.3 Å². The van der Waals surface area contributed by atoms with Crippen LogP contribution in [0.25, 0.3) is 0 Å². The summed E-state index contributed by atoms with van der Waals surface area (Å²) in [6, 6.07) is 9.98. The van der Waals surface area contributed by atoms with Crippen molar-refractivity contribution in [2.24, 2.45) is 5.73 Å². The van der Waals surface area contributed by atoms with Gasteiger partial charge in [0.1, 0.15) is 0 Å². The fourth-order valence-electron chi connectivity index (χ4n) is 1.77. The Morgan fingerprint density at radius 1 is 1.41 bits per heavy atom. The third-order valence-corrected chi connectivity index (χ3v) is 2.96. The van der Waals surface area contributed by atoms with E-state index in [1.807, 2.05) is 37.3 Å². The molecule has 0 heterocycles. The lowest BCUT2D eigenvalue weighted by molar-refractivity contribution is -0.130. The molecule has 4 heteroatoms. The summed E-state index contributed by atoms with van der Waals surface area (Å²) >= 11 is 4.84. The van der Waals surface area contributed by atoms with Gasteiger partial charge in [-0.05, 0) is 12.5 Å². The molecule has 0 bridgehead atoms. The zero-order valence-corrected chi connectivity index (χ0v) is 11.0. The first-order chi connectivity index (χ1) is 8.02. The number of carbonyl (C=O) groups excluding carboxylic acids is 1. The van der Waals surface area contributed by atoms with E-state index in [4.69, 9.17) is 18.0 Å². The molecule has 1 rings (SSSR count). The lowest BCUT2D eigenvalue weighted by Crippen LogP contribution is -2.34. The fraction of sp³-hybridized carbons (Fsp3) is 0.385. The van der Waals surface area contributed by atoms with Crippen LogP contribution in [0.1, 0.15) is 31.9 Å². The van der Waals surface area contributed by atoms with Gasteiger partial charge in [0.2, 0.25) is 5.91 Å². The topological polar surface area (TPSA) is 46.3 Å². The normalized spacial score (nSPS) is 11.9. The van der Waals surface area contributed by atoms with Gasteiger partial charge in [0.15, 0.2) is 0 Å². The van der Waals surface area contributed by atoms with Crippen molar-refractivity contribution < 1.29 is 4.79 Å². The van der Waals surface area contributed by atoms with Crippen LogP contribution >= 0.6 is 12.2 Å². The minimum absolute atomic E-state index is 0.0394. The largest absolute Gasteiger partial charge is 0.393 e. The molecule has 0 spiro atoms. The number of nitrogens with zero attached hydrogens (tertiary/aromatic N) is 1. The van der Waals surface area contributed by atoms with Gasteiger partial charge in [0.25, 0.3) is 0 Å². The van der Waals surface area contributed by atoms with Crippen LogP contribution in [0.3, 0.4) is 0 Å². The Kier molecular flexibility index (Phi) is 5.10. The number of rotatable bonds is 5. The van der Waals surface area contributed by atoms with Gasteiger partial charge in [0.05, 0.1) is 11.0 Å². The maximum Gasteiger partial charge on any atom is 0.219 e. The smallest absolute Gasteiger partial charge is 0.219 e. The number of carbonyl (C=O) groups is 1. The molecule has 1 amide bonds. The molecule has 0 aliphatic heterocycles. The standard InChI is InChI=1S/C13H18N2OS/c1-10(12-6-4-3-5-7-12)15(11(2)16)9-8-13(14)17/h3-7,10H,8-9H2,1-2H3,(H2,14,17). The molecular formula is C13H18N2OS. The molecular weight excluding hydrogens is 232 g/mol. The van der Waals surface area contributed by atoms with E-state index in [2.05, 4.69) is 0 Å². The number of benzene rings is 1. The molecule has 0 fully saturated rings. The molecule has 1 aromatic carbocycles. The van der Waals surface area contributed by atoms with Crippen molar-refractivity contribution in [1.29, 1.82) is 0 Å². The lowest BCUT2D eigenvalue weighted by atomic mass is 10.1. The number of hydrogen-bond donors (Lipinski definition) is 1. The predicted octanol–water partition coefficient (Wildman–Crippen LogP) is 2.27. The van der Waals surface area contributed by atoms with E-state index < -0.39 is 0 Å². The molecule has 1 unspecified atom stereocenters. The Labute approximate surface area is 108 Å². The molecule has 0 aliphatic carbocycles. The molecule has 0 saturated heterocycles. The van der Waals surface area contributed by atoms with E-state index in [0.717, 1.165) is 5.56 Å². The summed E-state index contributed by atoms with van der Waals surface area (Å²) in [6.07, 6.45) is 0.562. The first-order valence-electron chi connectivity index (χ1n) is 5.63. The average molecular weight is 250 g/mol. The zero-order valence-electron chi connectivity index (χ0n) is 10.2. The van der Waals surface area contributed by atoms with Crippen molar-refractivity contribution >= 4 is 23.1 Å². The molecule has 0 saturated carbocycles. The number of hydrogen-bond acceptors (Lipinski definition) is 2. The second kappa shape index (κ2) is 6.35. The minimum Gasteiger partial charge on any atom is -0.393 e. The number of thiocarbonyl (C=S) groups is 1. The van der Waals surface area contributed by atoms with Crippen LogP contribution in [0, 0.1) is 0 Å². The van der Waals surface area contributed by atoms with Gasteiger partial charge in [-0.25, -0.2) is 0 Å². The highest BCUT2D eigenvalue weighted by molar-refractivity contribution is 7.80. The molecule has 1 aromatic rings. The summed E-state index contributed by atoms with van der Waals surface area (Å²) in [5, 5.41) is 0. The summed E-state index contributed by atoms with van der Waals surface area (Å²) < 4.78 is 0. The zero-order chi connectivity index (χ0) is 12.8. The highest BCUT2D eigenvalue weighted by Crippen LogP contribution is 2.20. The molecule has 2 N–H and O–H groups in total. The fourth-order valence-corrected chi connectivity index (χ4v) is 1.86. The van der Waals surface area contributed by atoms with Gasteiger partial charge in [-0.1, -0.05) is 42.5 Å². The quantitative estimate of drug-likeness (QED) is 0.815. The van der Waals surface area contributed by atoms with Crippen LogP contribution in [0.5, 0.6) is 0 Å². The van der Waals surface area contributed by atoms with Gasteiger partial charge in [-0.2, -0.15) is 0 Å². The number of nitrogens with two attached hydrogens (primary N) is 1. The van der Waals surface area contributed by atoms with Gasteiger partial charge < -0.3 is 10.6 Å². The Bertz CT molecular complexity index is 392. The maximum atomic E-state index is 11.6. The van der Waals surface area contributed by atoms with Crippen molar-refractivity contribution in [2.45, 2.75) is 26.3 Å². The van der Waals surface area contributed by atoms with E-state index in [1.165, 1.54) is 0 Å². The van der Waals surface area contributed by atoms with E-state index in [1.54, 1.807) is 11.8 Å². The van der Waals surface area contributed by atoms with Gasteiger partial charge in [0, 0.05) is 19.9 Å². The van der Waals surface area contributed by atoms with Crippen molar-refractivity contribution in [2.75, 3.05) is 6.54 Å². The molecule has 1 atom stereocenters. The van der Waals surface area contributed by atoms with Crippen molar-refractivity contribution in [3.05, 3.63) is 35.9 Å². The second-order valence-electron chi connectivity index (χ2n) is 4.02. The van der Waals surface area contributed by atoms with Gasteiger partial charge in [-0.3, -0.25) is 4.79 Å². The summed E-state index contributed by atoms with van der Waals surface area (Å²) in [4.78, 5) is 13.8. The first-order valence-corrected chi connectivity index (χ1v) is 6.03. The van der Waals surface area contributed by atoms with E-state index in [0.29, 0.717) is 18.0 Å². The third-order valence-electron chi connectivity index (χ3n) is 2.75. The van der Waals surface area contributed by atoms with Crippen molar-refractivity contribution in [3.63, 3.8) is 0 Å². The average Bonchev–Trinajstić information content (AvgIpc) is 2.29. The molecule has 17 heavy (non-hydrogen) atoms. The Morgan fingerprint density at radius 2 is 2.00 bits per heavy atom. The highest BCUT2D eigenvalue weighted by atomic mass is 32.1. The first kappa shape index (κ1) is 13.6. The van der Waals surface area contributed by atoms with E-state index in [9.17, 15) is 4.79 Å². The van der Waals surface area contributed by atoms with Gasteiger partial charge in [-0.15, -0.1) is 0 Å². The highest BCUT2D eigenvalue weighted by Gasteiger charge is 2.17. The summed E-state index contributed by atoms with van der Waals surface area (Å²) in [6.45, 7) is 4.15. The molecule has 92 valence electrons. The maximum absolute atomic E-state index is 11.6. The SMILES string of the molecule is CC(=O)N(CCC(N)=S)C(C)c1ccccc1.